The number of nitrogens with zero attached hydrogens (tertiary/aromatic N) is 6. The van der Waals surface area contributed by atoms with Crippen molar-refractivity contribution in [2.24, 2.45) is 0 Å². The molecule has 0 bridgehead atoms. The first kappa shape index (κ1) is 25.5. The van der Waals surface area contributed by atoms with Crippen LogP contribution in [0.4, 0.5) is 30.6 Å². The van der Waals surface area contributed by atoms with Crippen LogP contribution in [0.2, 0.25) is 0 Å². The summed E-state index contributed by atoms with van der Waals surface area (Å²) in [6, 6.07) is 1.41. The van der Waals surface area contributed by atoms with Crippen LogP contribution < -0.4 is 9.80 Å². The molecule has 2 aromatic rings. The van der Waals surface area contributed by atoms with Gasteiger partial charge in [-0.1, -0.05) is 0 Å². The van der Waals surface area contributed by atoms with E-state index in [4.69, 9.17) is 4.74 Å². The van der Waals surface area contributed by atoms with E-state index in [1.165, 1.54) is 0 Å². The van der Waals surface area contributed by atoms with Crippen LogP contribution in [0.1, 0.15) is 5.56 Å². The molecule has 16 heteroatoms. The molecule has 2 fully saturated rings. The summed E-state index contributed by atoms with van der Waals surface area (Å²) >= 11 is 3.42. The second kappa shape index (κ2) is 9.83. The van der Waals surface area contributed by atoms with Gasteiger partial charge in [-0.3, -0.25) is 10.1 Å². The maximum absolute atomic E-state index is 13.1. The molecule has 190 valence electrons. The summed E-state index contributed by atoms with van der Waals surface area (Å²) in [5.74, 6) is 1.08. The molecule has 2 aliphatic heterocycles. The highest BCUT2D eigenvalue weighted by Crippen LogP contribution is 2.36. The molecule has 35 heavy (non-hydrogen) atoms. The number of halogens is 4. The van der Waals surface area contributed by atoms with E-state index in [2.05, 4.69) is 25.9 Å². The molecule has 3 heterocycles. The van der Waals surface area contributed by atoms with Gasteiger partial charge in [-0.15, -0.1) is 0 Å². The third kappa shape index (κ3) is 5.34. The number of piperazine rings is 1. The van der Waals surface area contributed by atoms with E-state index in [1.807, 2.05) is 9.80 Å². The zero-order chi connectivity index (χ0) is 25.4. The number of hydrogen-bond acceptors (Lipinski definition) is 9. The number of hydrogen-bond donors (Lipinski definition) is 0. The van der Waals surface area contributed by atoms with Crippen LogP contribution in [0.25, 0.3) is 0 Å². The van der Waals surface area contributed by atoms with Gasteiger partial charge in [0.15, 0.2) is 4.90 Å². The van der Waals surface area contributed by atoms with Gasteiger partial charge in [0.25, 0.3) is 5.69 Å². The maximum Gasteiger partial charge on any atom is 0.416 e. The van der Waals surface area contributed by atoms with Crippen molar-refractivity contribution in [2.75, 3.05) is 62.3 Å². The van der Waals surface area contributed by atoms with Gasteiger partial charge in [-0.05, 0) is 28.1 Å². The molecule has 2 aliphatic rings. The van der Waals surface area contributed by atoms with Gasteiger partial charge in [0.2, 0.25) is 16.0 Å². The van der Waals surface area contributed by atoms with Crippen molar-refractivity contribution in [2.45, 2.75) is 11.1 Å². The van der Waals surface area contributed by atoms with Crippen LogP contribution in [-0.2, 0) is 20.9 Å². The Hall–Kier alpha value is -2.56. The van der Waals surface area contributed by atoms with Gasteiger partial charge < -0.3 is 14.5 Å². The zero-order valence-corrected chi connectivity index (χ0v) is 20.5. The number of aromatic nitrogens is 2. The second-order valence-corrected chi connectivity index (χ2v) is 10.5. The van der Waals surface area contributed by atoms with Crippen molar-refractivity contribution in [3.63, 3.8) is 0 Å². The number of ether oxygens (including phenoxy) is 1. The minimum absolute atomic E-state index is 0.0379. The summed E-state index contributed by atoms with van der Waals surface area (Å²) in [5, 5.41) is 11.4. The molecule has 0 radical (unpaired) electrons. The van der Waals surface area contributed by atoms with Gasteiger partial charge >= 0.3 is 6.18 Å². The van der Waals surface area contributed by atoms with Crippen molar-refractivity contribution in [1.82, 2.24) is 14.3 Å². The third-order valence-corrected chi connectivity index (χ3v) is 8.15. The maximum atomic E-state index is 13.1. The minimum atomic E-state index is -4.84. The second-order valence-electron chi connectivity index (χ2n) is 7.77. The summed E-state index contributed by atoms with van der Waals surface area (Å²) in [6.07, 6.45) is -3.23. The number of morpholine rings is 1. The van der Waals surface area contributed by atoms with Crippen LogP contribution in [0, 0.1) is 10.1 Å². The lowest BCUT2D eigenvalue weighted by Gasteiger charge is -2.35. The van der Waals surface area contributed by atoms with E-state index < -0.39 is 37.3 Å². The lowest BCUT2D eigenvalue weighted by Crippen LogP contribution is -2.49. The number of anilines is 2. The molecule has 2 saturated heterocycles. The van der Waals surface area contributed by atoms with Crippen molar-refractivity contribution in [3.8, 4) is 0 Å². The third-order valence-electron chi connectivity index (χ3n) is 5.65. The van der Waals surface area contributed by atoms with Crippen molar-refractivity contribution in [3.05, 3.63) is 44.5 Å². The zero-order valence-electron chi connectivity index (χ0n) is 18.1. The van der Waals surface area contributed by atoms with Crippen molar-refractivity contribution in [1.29, 1.82) is 0 Å². The highest BCUT2D eigenvalue weighted by Gasteiger charge is 2.38. The van der Waals surface area contributed by atoms with Gasteiger partial charge in [0.1, 0.15) is 5.82 Å². The van der Waals surface area contributed by atoms with Gasteiger partial charge in [-0.25, -0.2) is 13.4 Å². The summed E-state index contributed by atoms with van der Waals surface area (Å²) in [4.78, 5) is 22.3. The Balaban J connectivity index is 1.53. The molecule has 0 atom stereocenters. The Labute approximate surface area is 206 Å². The van der Waals surface area contributed by atoms with Gasteiger partial charge in [0.05, 0.1) is 28.2 Å². The molecule has 11 nitrogen and oxygen atoms in total. The summed E-state index contributed by atoms with van der Waals surface area (Å²) < 4.78 is 72.2. The monoisotopic (exact) mass is 580 g/mol. The molecule has 1 aromatic carbocycles. The number of sulfonamides is 1. The summed E-state index contributed by atoms with van der Waals surface area (Å²) in [5.41, 5.74) is -2.41. The molecular formula is C19H20BrF3N6O5S. The molecule has 1 aromatic heterocycles. The topological polar surface area (TPSA) is 122 Å². The van der Waals surface area contributed by atoms with E-state index in [1.54, 1.807) is 6.20 Å². The molecule has 0 N–H and O–H groups in total. The number of rotatable bonds is 5. The van der Waals surface area contributed by atoms with Gasteiger partial charge in [0, 0.05) is 51.5 Å². The van der Waals surface area contributed by atoms with Gasteiger partial charge in [-0.2, -0.15) is 22.5 Å². The molecule has 0 amide bonds. The Kier molecular flexibility index (Phi) is 7.17. The van der Waals surface area contributed by atoms with Crippen molar-refractivity contribution >= 4 is 43.4 Å². The minimum Gasteiger partial charge on any atom is -0.378 e. The van der Waals surface area contributed by atoms with E-state index in [-0.39, 0.29) is 32.2 Å². The first-order chi connectivity index (χ1) is 16.5. The first-order valence-electron chi connectivity index (χ1n) is 10.4. The van der Waals surface area contributed by atoms with E-state index in [0.29, 0.717) is 54.7 Å². The lowest BCUT2D eigenvalue weighted by atomic mass is 10.2. The Morgan fingerprint density at radius 3 is 2.31 bits per heavy atom. The molecule has 0 aliphatic carbocycles. The first-order valence-corrected chi connectivity index (χ1v) is 12.7. The molecule has 0 spiro atoms. The fourth-order valence-corrected chi connectivity index (χ4v) is 5.82. The molecular weight excluding hydrogens is 561 g/mol. The largest absolute Gasteiger partial charge is 0.416 e. The lowest BCUT2D eigenvalue weighted by molar-refractivity contribution is -0.388. The van der Waals surface area contributed by atoms with E-state index in [0.717, 1.165) is 4.31 Å². The Morgan fingerprint density at radius 1 is 1.06 bits per heavy atom. The number of nitro groups is 1. The van der Waals surface area contributed by atoms with Crippen LogP contribution in [0.5, 0.6) is 0 Å². The quantitative estimate of drug-likeness (QED) is 0.387. The normalized spacial score (nSPS) is 18.1. The predicted molar refractivity (Wildman–Crippen MR) is 122 cm³/mol. The van der Waals surface area contributed by atoms with E-state index in [9.17, 15) is 31.7 Å². The molecule has 0 saturated carbocycles. The smallest absolute Gasteiger partial charge is 0.378 e. The summed E-state index contributed by atoms with van der Waals surface area (Å²) in [7, 11) is -4.41. The predicted octanol–water partition coefficient (Wildman–Crippen LogP) is 2.51. The highest BCUT2D eigenvalue weighted by atomic mass is 79.9. The standard InChI is InChI=1S/C19H20BrF3N6O5S/c20-14-12-24-18(27-7-9-34-10-8-27)25-17(14)26-3-5-28(6-4-26)35(32,33)16-2-1-13(19(21,22)23)11-15(16)29(30)31/h1-2,11-12H,3-10H2. The number of benzene rings is 1. The number of nitro benzene ring substituents is 1. The van der Waals surface area contributed by atoms with Crippen molar-refractivity contribution < 1.29 is 31.2 Å². The van der Waals surface area contributed by atoms with Crippen LogP contribution in [0.15, 0.2) is 33.8 Å². The summed E-state index contributed by atoms with van der Waals surface area (Å²) in [6.45, 7) is 2.74. The molecule has 0 unspecified atom stereocenters. The fourth-order valence-electron chi connectivity index (χ4n) is 3.82. The average Bonchev–Trinajstić information content (AvgIpc) is 2.84. The fraction of sp³-hybridized carbons (Fsp3) is 0.474. The SMILES string of the molecule is O=[N+]([O-])c1cc(C(F)(F)F)ccc1S(=O)(=O)N1CCN(c2nc(N3CCOCC3)ncc2Br)CC1. The Morgan fingerprint density at radius 2 is 1.71 bits per heavy atom. The molecule has 4 rings (SSSR count). The number of alkyl halides is 3. The van der Waals surface area contributed by atoms with Crippen LogP contribution in [0.3, 0.4) is 0 Å². The Bertz CT molecular complexity index is 1220. The van der Waals surface area contributed by atoms with Crippen LogP contribution >= 0.6 is 15.9 Å². The average molecular weight is 581 g/mol. The van der Waals surface area contributed by atoms with Crippen LogP contribution in [-0.4, -0.2) is 80.1 Å². The van der Waals surface area contributed by atoms with E-state index >= 15 is 0 Å². The highest BCUT2D eigenvalue weighted by molar-refractivity contribution is 9.10.